The molecule has 1 aromatic rings. The molecule has 0 fully saturated rings. The molecule has 0 atom stereocenters. The van der Waals surface area contributed by atoms with E-state index in [4.69, 9.17) is 6.42 Å². The molecule has 0 amide bonds. The molecule has 1 aromatic carbocycles. The van der Waals surface area contributed by atoms with Crippen LogP contribution in [-0.2, 0) is 0 Å². The molecule has 0 unspecified atom stereocenters. The molecule has 0 saturated heterocycles. The maximum atomic E-state index is 13.3. The van der Waals surface area contributed by atoms with Crippen LogP contribution in [0.3, 0.4) is 0 Å². The number of benzene rings is 1. The van der Waals surface area contributed by atoms with Crippen molar-refractivity contribution < 1.29 is 22.3 Å². The minimum absolute atomic E-state index is 0.0291. The van der Waals surface area contributed by atoms with E-state index in [1.807, 2.05) is 6.92 Å². The lowest BCUT2D eigenvalue weighted by atomic mass is 10.1. The van der Waals surface area contributed by atoms with Crippen LogP contribution in [-0.4, -0.2) is 6.61 Å². The second-order valence-electron chi connectivity index (χ2n) is 3.31. The minimum Gasteiger partial charge on any atom is -0.487 e. The van der Waals surface area contributed by atoms with Crippen molar-refractivity contribution in [2.24, 2.45) is 0 Å². The fraction of sp³-hybridized carbons (Fsp3) is 0.333. The lowest BCUT2D eigenvalue weighted by molar-refractivity contribution is 0.266. The van der Waals surface area contributed by atoms with Gasteiger partial charge in [0.25, 0.3) is 0 Å². The van der Waals surface area contributed by atoms with Gasteiger partial charge < -0.3 is 4.74 Å². The molecule has 0 aliphatic carbocycles. The quantitative estimate of drug-likeness (QED) is 0.342. The molecule has 0 bridgehead atoms. The Morgan fingerprint density at radius 1 is 1.06 bits per heavy atom. The first-order valence-corrected chi connectivity index (χ1v) is 4.99. The van der Waals surface area contributed by atoms with Crippen molar-refractivity contribution in [2.45, 2.75) is 19.8 Å². The van der Waals surface area contributed by atoms with E-state index in [9.17, 15) is 17.6 Å². The van der Waals surface area contributed by atoms with E-state index in [2.05, 4.69) is 4.74 Å². The van der Waals surface area contributed by atoms with Gasteiger partial charge in [0.15, 0.2) is 17.4 Å². The summed E-state index contributed by atoms with van der Waals surface area (Å²) in [6, 6.07) is 0. The summed E-state index contributed by atoms with van der Waals surface area (Å²) in [5.41, 5.74) is -1.07. The van der Waals surface area contributed by atoms with Crippen LogP contribution >= 0.6 is 0 Å². The third-order valence-corrected chi connectivity index (χ3v) is 2.11. The summed E-state index contributed by atoms with van der Waals surface area (Å²) >= 11 is 0. The van der Waals surface area contributed by atoms with Crippen LogP contribution in [0.2, 0.25) is 0 Å². The van der Waals surface area contributed by atoms with E-state index in [0.29, 0.717) is 6.42 Å². The Kier molecular flexibility index (Phi) is 4.38. The van der Waals surface area contributed by atoms with E-state index in [1.165, 1.54) is 0 Å². The van der Waals surface area contributed by atoms with Gasteiger partial charge in [-0.05, 0) is 6.42 Å². The Morgan fingerprint density at radius 2 is 1.59 bits per heavy atom. The van der Waals surface area contributed by atoms with Crippen LogP contribution in [0.15, 0.2) is 0 Å². The summed E-state index contributed by atoms with van der Waals surface area (Å²) in [6.07, 6.45) is 5.99. The van der Waals surface area contributed by atoms with Crippen LogP contribution in [0, 0.1) is 35.6 Å². The number of hydrogen-bond donors (Lipinski definition) is 0. The summed E-state index contributed by atoms with van der Waals surface area (Å²) in [6.45, 7) is 1.80. The molecule has 5 heteroatoms. The molecule has 0 aromatic heterocycles. The molecule has 0 radical (unpaired) electrons. The van der Waals surface area contributed by atoms with Crippen molar-refractivity contribution in [3.05, 3.63) is 28.8 Å². The molecule has 92 valence electrons. The first-order valence-electron chi connectivity index (χ1n) is 4.99. The normalized spacial score (nSPS) is 10.1. The highest BCUT2D eigenvalue weighted by atomic mass is 19.2. The largest absolute Gasteiger partial charge is 0.487 e. The standard InChI is InChI=1S/C12H10F4O/c1-3-5-6-17-12-10(15)8(13)7(4-2)9(14)11(12)16/h2H,3,5-6H2,1H3. The van der Waals surface area contributed by atoms with Crippen molar-refractivity contribution in [1.29, 1.82) is 0 Å². The average Bonchev–Trinajstić information content (AvgIpc) is 2.32. The SMILES string of the molecule is C#Cc1c(F)c(F)c(OCCCC)c(F)c1F. The Balaban J connectivity index is 3.19. The topological polar surface area (TPSA) is 9.23 Å². The molecule has 1 rings (SSSR count). The monoisotopic (exact) mass is 246 g/mol. The number of ether oxygens (including phenoxy) is 1. The minimum atomic E-state index is -1.61. The molecule has 17 heavy (non-hydrogen) atoms. The maximum Gasteiger partial charge on any atom is 0.205 e. The van der Waals surface area contributed by atoms with Crippen LogP contribution in [0.4, 0.5) is 17.6 Å². The number of halogens is 4. The highest BCUT2D eigenvalue weighted by Crippen LogP contribution is 2.29. The van der Waals surface area contributed by atoms with Crippen LogP contribution in [0.5, 0.6) is 5.75 Å². The zero-order valence-electron chi connectivity index (χ0n) is 9.12. The Hall–Kier alpha value is -1.70. The van der Waals surface area contributed by atoms with Crippen molar-refractivity contribution in [1.82, 2.24) is 0 Å². The predicted molar refractivity (Wildman–Crippen MR) is 54.6 cm³/mol. The highest BCUT2D eigenvalue weighted by Gasteiger charge is 2.25. The molecule has 0 spiro atoms. The number of rotatable bonds is 4. The predicted octanol–water partition coefficient (Wildman–Crippen LogP) is 3.40. The number of unbranched alkanes of at least 4 members (excludes halogenated alkanes) is 1. The zero-order chi connectivity index (χ0) is 13.0. The number of hydrogen-bond acceptors (Lipinski definition) is 1. The fourth-order valence-corrected chi connectivity index (χ4v) is 1.18. The van der Waals surface area contributed by atoms with Gasteiger partial charge in [-0.25, -0.2) is 8.78 Å². The van der Waals surface area contributed by atoms with Gasteiger partial charge in [-0.1, -0.05) is 19.3 Å². The second-order valence-corrected chi connectivity index (χ2v) is 3.31. The molecular weight excluding hydrogens is 236 g/mol. The third-order valence-electron chi connectivity index (χ3n) is 2.11. The van der Waals surface area contributed by atoms with Gasteiger partial charge >= 0.3 is 0 Å². The van der Waals surface area contributed by atoms with E-state index < -0.39 is 34.6 Å². The first kappa shape index (κ1) is 13.4. The third kappa shape index (κ3) is 2.52. The van der Waals surface area contributed by atoms with E-state index >= 15 is 0 Å². The van der Waals surface area contributed by atoms with Crippen LogP contribution < -0.4 is 4.74 Å². The average molecular weight is 246 g/mol. The lowest BCUT2D eigenvalue weighted by Crippen LogP contribution is -2.07. The van der Waals surface area contributed by atoms with Crippen molar-refractivity contribution in [3.63, 3.8) is 0 Å². The van der Waals surface area contributed by atoms with Gasteiger partial charge in [0.05, 0.1) is 6.61 Å². The fourth-order valence-electron chi connectivity index (χ4n) is 1.18. The molecule has 0 heterocycles. The summed E-state index contributed by atoms with van der Waals surface area (Å²) < 4.78 is 57.7. The first-order chi connectivity index (χ1) is 8.04. The van der Waals surface area contributed by atoms with Gasteiger partial charge in [0.1, 0.15) is 5.56 Å². The van der Waals surface area contributed by atoms with E-state index in [-0.39, 0.29) is 6.61 Å². The Bertz CT molecular complexity index is 434. The van der Waals surface area contributed by atoms with Gasteiger partial charge in [0.2, 0.25) is 11.6 Å². The van der Waals surface area contributed by atoms with E-state index in [1.54, 1.807) is 5.92 Å². The summed E-state index contributed by atoms with van der Waals surface area (Å²) in [5.74, 6) is -5.94. The molecule has 0 aliphatic rings. The smallest absolute Gasteiger partial charge is 0.205 e. The van der Waals surface area contributed by atoms with Crippen LogP contribution in [0.25, 0.3) is 0 Å². The van der Waals surface area contributed by atoms with Crippen molar-refractivity contribution >= 4 is 0 Å². The maximum absolute atomic E-state index is 13.3. The Morgan fingerprint density at radius 3 is 2.00 bits per heavy atom. The molecular formula is C12H10F4O. The lowest BCUT2D eigenvalue weighted by Gasteiger charge is -2.10. The van der Waals surface area contributed by atoms with Crippen LogP contribution in [0.1, 0.15) is 25.3 Å². The summed E-state index contributed by atoms with van der Waals surface area (Å²) in [5, 5.41) is 0. The van der Waals surface area contributed by atoms with Gasteiger partial charge in [-0.15, -0.1) is 6.42 Å². The van der Waals surface area contributed by atoms with Crippen molar-refractivity contribution in [2.75, 3.05) is 6.61 Å². The second kappa shape index (κ2) is 5.58. The molecule has 0 aliphatic heterocycles. The summed E-state index contributed by atoms with van der Waals surface area (Å²) in [7, 11) is 0. The Labute approximate surface area is 96.4 Å². The molecule has 1 nitrogen and oxygen atoms in total. The van der Waals surface area contributed by atoms with Gasteiger partial charge in [-0.3, -0.25) is 0 Å². The highest BCUT2D eigenvalue weighted by molar-refractivity contribution is 5.42. The van der Waals surface area contributed by atoms with Gasteiger partial charge in [0, 0.05) is 0 Å². The zero-order valence-corrected chi connectivity index (χ0v) is 9.12. The summed E-state index contributed by atoms with van der Waals surface area (Å²) in [4.78, 5) is 0. The van der Waals surface area contributed by atoms with Gasteiger partial charge in [-0.2, -0.15) is 8.78 Å². The number of terminal acetylenes is 1. The molecule has 0 saturated carbocycles. The van der Waals surface area contributed by atoms with E-state index in [0.717, 1.165) is 6.42 Å². The molecule has 0 N–H and O–H groups in total. The van der Waals surface area contributed by atoms with Crippen molar-refractivity contribution in [3.8, 4) is 18.1 Å².